The maximum absolute atomic E-state index is 3.68. The zero-order chi connectivity index (χ0) is 13.8. The van der Waals surface area contributed by atoms with Crippen LogP contribution >= 0.6 is 43.2 Å². The molecule has 1 heterocycles. The summed E-state index contributed by atoms with van der Waals surface area (Å²) in [6.07, 6.45) is 0. The molecule has 0 aliphatic rings. The lowest BCUT2D eigenvalue weighted by Crippen LogP contribution is -2.25. The van der Waals surface area contributed by atoms with Crippen LogP contribution in [0.2, 0.25) is 0 Å². The van der Waals surface area contributed by atoms with Gasteiger partial charge >= 0.3 is 0 Å². The monoisotopic (exact) mass is 401 g/mol. The van der Waals surface area contributed by atoms with E-state index < -0.39 is 0 Å². The molecule has 1 nitrogen and oxygen atoms in total. The third kappa shape index (κ3) is 3.69. The minimum atomic E-state index is 0.323. The minimum absolute atomic E-state index is 0.323. The fourth-order valence-electron chi connectivity index (χ4n) is 2.29. The summed E-state index contributed by atoms with van der Waals surface area (Å²) in [4.78, 5) is 0. The molecule has 0 spiro atoms. The van der Waals surface area contributed by atoms with Crippen molar-refractivity contribution in [3.63, 3.8) is 0 Å². The Morgan fingerprint density at radius 2 is 1.89 bits per heavy atom. The van der Waals surface area contributed by atoms with Gasteiger partial charge in [0.1, 0.15) is 0 Å². The minimum Gasteiger partial charge on any atom is -0.310 e. The van der Waals surface area contributed by atoms with Crippen molar-refractivity contribution in [2.24, 2.45) is 0 Å². The van der Waals surface area contributed by atoms with Crippen molar-refractivity contribution in [3.8, 4) is 0 Å². The van der Waals surface area contributed by atoms with Crippen LogP contribution in [0.1, 0.15) is 36.9 Å². The number of hydrogen-bond acceptors (Lipinski definition) is 2. The molecule has 0 aliphatic heterocycles. The Balaban J connectivity index is 2.32. The Kier molecular flexibility index (Phi) is 5.63. The van der Waals surface area contributed by atoms with Crippen molar-refractivity contribution in [1.29, 1.82) is 0 Å². The van der Waals surface area contributed by atoms with Gasteiger partial charge in [0.2, 0.25) is 0 Å². The lowest BCUT2D eigenvalue weighted by Gasteiger charge is -2.25. The summed E-state index contributed by atoms with van der Waals surface area (Å²) in [6, 6.07) is 13.2. The zero-order valence-electron chi connectivity index (χ0n) is 11.0. The number of thiophene rings is 1. The van der Waals surface area contributed by atoms with E-state index in [4.69, 9.17) is 0 Å². The standard InChI is InChI=1S/C15H17Br2NS/c1-3-18-14(12-9-13(16)19-15(12)17)10(2)11-7-5-4-6-8-11/h4-10,14,18H,3H2,1-2H3. The number of rotatable bonds is 5. The Morgan fingerprint density at radius 3 is 2.42 bits per heavy atom. The fraction of sp³-hybridized carbons (Fsp3) is 0.333. The quantitative estimate of drug-likeness (QED) is 0.673. The van der Waals surface area contributed by atoms with E-state index in [1.165, 1.54) is 14.9 Å². The molecular formula is C15H17Br2NS. The molecule has 0 saturated carbocycles. The maximum atomic E-state index is 3.68. The molecule has 2 atom stereocenters. The molecule has 1 aromatic carbocycles. The van der Waals surface area contributed by atoms with Gasteiger partial charge in [-0.3, -0.25) is 0 Å². The number of nitrogens with one attached hydrogen (secondary N) is 1. The highest BCUT2D eigenvalue weighted by molar-refractivity contribution is 9.12. The van der Waals surface area contributed by atoms with Crippen molar-refractivity contribution in [3.05, 3.63) is 55.1 Å². The van der Waals surface area contributed by atoms with E-state index in [0.29, 0.717) is 12.0 Å². The van der Waals surface area contributed by atoms with E-state index in [0.717, 1.165) is 10.3 Å². The zero-order valence-corrected chi connectivity index (χ0v) is 15.0. The van der Waals surface area contributed by atoms with Crippen LogP contribution in [-0.4, -0.2) is 6.54 Å². The third-order valence-electron chi connectivity index (χ3n) is 3.27. The molecule has 0 fully saturated rings. The number of halogens is 2. The largest absolute Gasteiger partial charge is 0.310 e. The Hall–Kier alpha value is -0.160. The third-order valence-corrected chi connectivity index (χ3v) is 5.65. The molecule has 1 aromatic heterocycles. The van der Waals surface area contributed by atoms with Gasteiger partial charge in [0.15, 0.2) is 0 Å². The molecule has 102 valence electrons. The highest BCUT2D eigenvalue weighted by Crippen LogP contribution is 2.40. The lowest BCUT2D eigenvalue weighted by molar-refractivity contribution is 0.479. The lowest BCUT2D eigenvalue weighted by atomic mass is 9.90. The number of likely N-dealkylation sites (N-methyl/N-ethyl adjacent to an activating group) is 1. The van der Waals surface area contributed by atoms with Crippen LogP contribution in [0.3, 0.4) is 0 Å². The molecule has 4 heteroatoms. The average molecular weight is 403 g/mol. The number of benzene rings is 1. The van der Waals surface area contributed by atoms with Crippen molar-refractivity contribution in [2.75, 3.05) is 6.54 Å². The number of hydrogen-bond donors (Lipinski definition) is 1. The van der Waals surface area contributed by atoms with Gasteiger partial charge in [-0.1, -0.05) is 44.2 Å². The Morgan fingerprint density at radius 1 is 1.21 bits per heavy atom. The van der Waals surface area contributed by atoms with Gasteiger partial charge in [-0.25, -0.2) is 0 Å². The topological polar surface area (TPSA) is 12.0 Å². The van der Waals surface area contributed by atoms with Crippen LogP contribution in [0, 0.1) is 0 Å². The molecule has 0 saturated heterocycles. The Labute approximate surface area is 135 Å². The van der Waals surface area contributed by atoms with Crippen LogP contribution in [-0.2, 0) is 0 Å². The molecule has 2 rings (SSSR count). The van der Waals surface area contributed by atoms with E-state index >= 15 is 0 Å². The summed E-state index contributed by atoms with van der Waals surface area (Å²) >= 11 is 8.97. The van der Waals surface area contributed by atoms with E-state index in [9.17, 15) is 0 Å². The highest BCUT2D eigenvalue weighted by Gasteiger charge is 2.23. The summed E-state index contributed by atoms with van der Waals surface area (Å²) in [5.74, 6) is 0.430. The van der Waals surface area contributed by atoms with Crippen molar-refractivity contribution >= 4 is 43.2 Å². The van der Waals surface area contributed by atoms with Crippen LogP contribution in [0.5, 0.6) is 0 Å². The van der Waals surface area contributed by atoms with Crippen LogP contribution in [0.4, 0.5) is 0 Å². The van der Waals surface area contributed by atoms with E-state index in [1.807, 2.05) is 0 Å². The predicted octanol–water partition coefficient (Wildman–Crippen LogP) is 5.73. The molecule has 0 aliphatic carbocycles. The van der Waals surface area contributed by atoms with Crippen LogP contribution in [0.25, 0.3) is 0 Å². The normalized spacial score (nSPS) is 14.3. The van der Waals surface area contributed by atoms with Gasteiger partial charge < -0.3 is 5.32 Å². The first kappa shape index (κ1) is 15.2. The summed E-state index contributed by atoms with van der Waals surface area (Å²) in [5, 5.41) is 3.61. The first-order valence-corrected chi connectivity index (χ1v) is 8.76. The first-order valence-electron chi connectivity index (χ1n) is 6.36. The molecular weight excluding hydrogens is 386 g/mol. The molecule has 2 aromatic rings. The highest BCUT2D eigenvalue weighted by atomic mass is 79.9. The second kappa shape index (κ2) is 7.02. The summed E-state index contributed by atoms with van der Waals surface area (Å²) in [5.41, 5.74) is 2.69. The first-order chi connectivity index (χ1) is 9.13. The van der Waals surface area contributed by atoms with Crippen molar-refractivity contribution in [1.82, 2.24) is 5.32 Å². The second-order valence-corrected chi connectivity index (χ2v) is 8.26. The predicted molar refractivity (Wildman–Crippen MR) is 91.0 cm³/mol. The van der Waals surface area contributed by atoms with E-state index in [-0.39, 0.29) is 0 Å². The SMILES string of the molecule is CCNC(c1cc(Br)sc1Br)C(C)c1ccccc1. The van der Waals surface area contributed by atoms with Gasteiger partial charge in [-0.2, -0.15) is 0 Å². The maximum Gasteiger partial charge on any atom is 0.0758 e. The van der Waals surface area contributed by atoms with Gasteiger partial charge in [0, 0.05) is 12.0 Å². The van der Waals surface area contributed by atoms with E-state index in [1.54, 1.807) is 11.3 Å². The van der Waals surface area contributed by atoms with Crippen molar-refractivity contribution in [2.45, 2.75) is 25.8 Å². The Bertz CT molecular complexity index is 524. The van der Waals surface area contributed by atoms with Crippen LogP contribution < -0.4 is 5.32 Å². The van der Waals surface area contributed by atoms with Crippen LogP contribution in [0.15, 0.2) is 44.0 Å². The van der Waals surface area contributed by atoms with Crippen molar-refractivity contribution < 1.29 is 0 Å². The fourth-order valence-corrected chi connectivity index (χ4v) is 5.22. The molecule has 2 unspecified atom stereocenters. The summed E-state index contributed by atoms with van der Waals surface area (Å²) in [7, 11) is 0. The molecule has 0 bridgehead atoms. The molecule has 0 amide bonds. The summed E-state index contributed by atoms with van der Waals surface area (Å²) < 4.78 is 2.37. The van der Waals surface area contributed by atoms with Gasteiger partial charge in [-0.15, -0.1) is 11.3 Å². The molecule has 19 heavy (non-hydrogen) atoms. The smallest absolute Gasteiger partial charge is 0.0758 e. The molecule has 1 N–H and O–H groups in total. The van der Waals surface area contributed by atoms with E-state index in [2.05, 4.69) is 87.4 Å². The van der Waals surface area contributed by atoms with Gasteiger partial charge in [0.05, 0.1) is 7.57 Å². The van der Waals surface area contributed by atoms with Gasteiger partial charge in [0.25, 0.3) is 0 Å². The summed E-state index contributed by atoms with van der Waals surface area (Å²) in [6.45, 7) is 5.39. The second-order valence-electron chi connectivity index (χ2n) is 4.51. The average Bonchev–Trinajstić information content (AvgIpc) is 2.75. The van der Waals surface area contributed by atoms with Gasteiger partial charge in [-0.05, 0) is 55.6 Å². The molecule has 0 radical (unpaired) electrons.